The minimum absolute atomic E-state index is 0.246. The molecule has 0 aliphatic rings. The van der Waals surface area contributed by atoms with E-state index in [0.717, 1.165) is 35.4 Å². The number of benzene rings is 3. The van der Waals surface area contributed by atoms with Crippen molar-refractivity contribution in [2.24, 2.45) is 0 Å². The largest absolute Gasteiger partial charge is 0.489 e. The quantitative estimate of drug-likeness (QED) is 0.462. The van der Waals surface area contributed by atoms with Gasteiger partial charge in [0, 0.05) is 22.2 Å². The van der Waals surface area contributed by atoms with Gasteiger partial charge in [0.2, 0.25) is 0 Å². The van der Waals surface area contributed by atoms with Crippen LogP contribution in [0.3, 0.4) is 0 Å². The number of rotatable bonds is 8. The van der Waals surface area contributed by atoms with Crippen LogP contribution >= 0.6 is 23.2 Å². The van der Waals surface area contributed by atoms with Gasteiger partial charge in [0.25, 0.3) is 0 Å². The lowest BCUT2D eigenvalue weighted by atomic mass is 10.1. The van der Waals surface area contributed by atoms with E-state index >= 15 is 0 Å². The van der Waals surface area contributed by atoms with Gasteiger partial charge in [-0.1, -0.05) is 59.6 Å². The Hall–Kier alpha value is -2.07. The molecule has 5 heteroatoms. The summed E-state index contributed by atoms with van der Waals surface area (Å²) in [6, 6.07) is 19.8. The molecule has 0 aliphatic heterocycles. The van der Waals surface area contributed by atoms with Gasteiger partial charge in [-0.2, -0.15) is 0 Å². The summed E-state index contributed by atoms with van der Waals surface area (Å²) in [5.74, 6) is 0.572. The molecule has 0 radical (unpaired) electrons. The lowest BCUT2D eigenvalue weighted by molar-refractivity contribution is 0.302. The molecule has 0 amide bonds. The van der Waals surface area contributed by atoms with E-state index in [1.165, 1.54) is 12.1 Å². The summed E-state index contributed by atoms with van der Waals surface area (Å²) in [7, 11) is 0. The molecule has 0 bridgehead atoms. The molecule has 0 aliphatic carbocycles. The minimum Gasteiger partial charge on any atom is -0.489 e. The van der Waals surface area contributed by atoms with Crippen LogP contribution in [0.4, 0.5) is 4.39 Å². The third-order valence-electron chi connectivity index (χ3n) is 4.18. The highest BCUT2D eigenvalue weighted by Crippen LogP contribution is 2.22. The fourth-order valence-electron chi connectivity index (χ4n) is 2.70. The molecule has 27 heavy (non-hydrogen) atoms. The first-order valence-corrected chi connectivity index (χ1v) is 9.47. The Morgan fingerprint density at radius 2 is 1.67 bits per heavy atom. The van der Waals surface area contributed by atoms with E-state index in [2.05, 4.69) is 5.32 Å². The third-order valence-corrected chi connectivity index (χ3v) is 4.77. The summed E-state index contributed by atoms with van der Waals surface area (Å²) < 4.78 is 18.9. The van der Waals surface area contributed by atoms with Gasteiger partial charge in [-0.15, -0.1) is 0 Å². The van der Waals surface area contributed by atoms with Crippen LogP contribution in [0.15, 0.2) is 66.7 Å². The third kappa shape index (κ3) is 5.96. The molecular weight excluding hydrogens is 384 g/mol. The van der Waals surface area contributed by atoms with E-state index in [1.54, 1.807) is 18.2 Å². The second-order valence-corrected chi connectivity index (χ2v) is 7.03. The number of nitrogens with one attached hydrogen (secondary N) is 1. The molecule has 0 fully saturated rings. The summed E-state index contributed by atoms with van der Waals surface area (Å²) in [6.07, 6.45) is 0.814. The van der Waals surface area contributed by atoms with Crippen molar-refractivity contribution in [3.63, 3.8) is 0 Å². The first-order chi connectivity index (χ1) is 13.1. The predicted molar refractivity (Wildman–Crippen MR) is 109 cm³/mol. The average Bonchev–Trinajstić information content (AvgIpc) is 2.67. The molecule has 0 atom stereocenters. The molecule has 0 spiro atoms. The maximum Gasteiger partial charge on any atom is 0.124 e. The van der Waals surface area contributed by atoms with Crippen LogP contribution < -0.4 is 10.1 Å². The molecule has 0 heterocycles. The van der Waals surface area contributed by atoms with Crippen LogP contribution in [-0.4, -0.2) is 6.54 Å². The van der Waals surface area contributed by atoms with Crippen LogP contribution in [-0.2, 0) is 19.6 Å². The second-order valence-electron chi connectivity index (χ2n) is 6.19. The Balaban J connectivity index is 1.52. The maximum atomic E-state index is 13.0. The fourth-order valence-corrected chi connectivity index (χ4v) is 3.21. The van der Waals surface area contributed by atoms with Crippen LogP contribution in [0.25, 0.3) is 0 Å². The van der Waals surface area contributed by atoms with Crippen LogP contribution in [0.5, 0.6) is 5.75 Å². The van der Waals surface area contributed by atoms with Gasteiger partial charge in [0.15, 0.2) is 0 Å². The van der Waals surface area contributed by atoms with Gasteiger partial charge in [0.1, 0.15) is 18.2 Å². The van der Waals surface area contributed by atoms with Crippen molar-refractivity contribution < 1.29 is 9.13 Å². The Morgan fingerprint density at radius 3 is 2.44 bits per heavy atom. The number of para-hydroxylation sites is 1. The highest BCUT2D eigenvalue weighted by atomic mass is 35.5. The summed E-state index contributed by atoms with van der Waals surface area (Å²) in [5, 5.41) is 4.75. The summed E-state index contributed by atoms with van der Waals surface area (Å²) in [5.41, 5.74) is 3.06. The van der Waals surface area contributed by atoms with Crippen molar-refractivity contribution in [1.82, 2.24) is 5.32 Å². The molecule has 3 rings (SSSR count). The summed E-state index contributed by atoms with van der Waals surface area (Å²) in [4.78, 5) is 0. The van der Waals surface area contributed by atoms with E-state index in [9.17, 15) is 4.39 Å². The highest BCUT2D eigenvalue weighted by Gasteiger charge is 2.05. The Bertz CT molecular complexity index is 884. The van der Waals surface area contributed by atoms with Gasteiger partial charge in [-0.05, 0) is 54.4 Å². The van der Waals surface area contributed by atoms with Crippen LogP contribution in [0.2, 0.25) is 10.0 Å². The fraction of sp³-hybridized carbons (Fsp3) is 0.182. The predicted octanol–water partition coefficient (Wildman–Crippen LogP) is 6.04. The second kappa shape index (κ2) is 9.75. The molecule has 0 saturated carbocycles. The molecule has 0 aromatic heterocycles. The highest BCUT2D eigenvalue weighted by molar-refractivity contribution is 6.35. The molecule has 2 nitrogen and oxygen atoms in total. The lowest BCUT2D eigenvalue weighted by Crippen LogP contribution is -2.17. The monoisotopic (exact) mass is 403 g/mol. The van der Waals surface area contributed by atoms with E-state index < -0.39 is 0 Å². The van der Waals surface area contributed by atoms with Gasteiger partial charge in [-0.3, -0.25) is 0 Å². The van der Waals surface area contributed by atoms with Crippen molar-refractivity contribution in [2.75, 3.05) is 6.54 Å². The number of halogens is 3. The van der Waals surface area contributed by atoms with E-state index in [1.807, 2.05) is 36.4 Å². The number of ether oxygens (including phenoxy) is 1. The normalized spacial score (nSPS) is 10.8. The molecule has 0 unspecified atom stereocenters. The number of hydrogen-bond acceptors (Lipinski definition) is 2. The van der Waals surface area contributed by atoms with Crippen LogP contribution in [0, 0.1) is 5.82 Å². The van der Waals surface area contributed by atoms with Gasteiger partial charge >= 0.3 is 0 Å². The van der Waals surface area contributed by atoms with E-state index in [0.29, 0.717) is 23.2 Å². The minimum atomic E-state index is -0.246. The smallest absolute Gasteiger partial charge is 0.124 e. The van der Waals surface area contributed by atoms with E-state index in [-0.39, 0.29) is 5.82 Å². The summed E-state index contributed by atoms with van der Waals surface area (Å²) in [6.45, 7) is 1.87. The Labute approximate surface area is 168 Å². The first kappa shape index (κ1) is 19.7. The standard InChI is InChI=1S/C22H20Cl2FNO/c23-19-8-7-17(21(24)13-19)11-12-26-14-18-3-1-2-4-22(18)27-15-16-5-9-20(25)10-6-16/h1-10,13,26H,11-12,14-15H2. The molecule has 3 aromatic rings. The molecule has 0 saturated heterocycles. The Morgan fingerprint density at radius 1 is 0.889 bits per heavy atom. The SMILES string of the molecule is Fc1ccc(COc2ccccc2CNCCc2ccc(Cl)cc2Cl)cc1. The molecule has 140 valence electrons. The van der Waals surface area contributed by atoms with Gasteiger partial charge in [-0.25, -0.2) is 4.39 Å². The summed E-state index contributed by atoms with van der Waals surface area (Å²) >= 11 is 12.1. The van der Waals surface area contributed by atoms with Crippen molar-refractivity contribution in [3.05, 3.63) is 99.3 Å². The maximum absolute atomic E-state index is 13.0. The average molecular weight is 404 g/mol. The zero-order chi connectivity index (χ0) is 19.1. The van der Waals surface area contributed by atoms with Crippen molar-refractivity contribution in [3.8, 4) is 5.75 Å². The topological polar surface area (TPSA) is 21.3 Å². The van der Waals surface area contributed by atoms with E-state index in [4.69, 9.17) is 27.9 Å². The zero-order valence-electron chi connectivity index (χ0n) is 14.7. The van der Waals surface area contributed by atoms with Crippen molar-refractivity contribution >= 4 is 23.2 Å². The number of hydrogen-bond donors (Lipinski definition) is 1. The van der Waals surface area contributed by atoms with Crippen LogP contribution in [0.1, 0.15) is 16.7 Å². The lowest BCUT2D eigenvalue weighted by Gasteiger charge is -2.13. The molecule has 3 aromatic carbocycles. The molecule has 1 N–H and O–H groups in total. The Kier molecular flexibility index (Phi) is 7.11. The van der Waals surface area contributed by atoms with Crippen molar-refractivity contribution in [1.29, 1.82) is 0 Å². The van der Waals surface area contributed by atoms with Gasteiger partial charge < -0.3 is 10.1 Å². The van der Waals surface area contributed by atoms with Gasteiger partial charge in [0.05, 0.1) is 0 Å². The zero-order valence-corrected chi connectivity index (χ0v) is 16.2. The van der Waals surface area contributed by atoms with Crippen molar-refractivity contribution in [2.45, 2.75) is 19.6 Å². The molecular formula is C22H20Cl2FNO. The first-order valence-electron chi connectivity index (χ1n) is 8.71.